The summed E-state index contributed by atoms with van der Waals surface area (Å²) < 4.78 is 12.1. The van der Waals surface area contributed by atoms with Crippen LogP contribution in [0, 0.1) is 0 Å². The minimum Gasteiger partial charge on any atom is -0.493 e. The number of rotatable bonds is 10. The second-order valence-electron chi connectivity index (χ2n) is 8.11. The molecule has 2 aromatic carbocycles. The average molecular weight is 439 g/mol. The van der Waals surface area contributed by atoms with Gasteiger partial charge in [0.05, 0.1) is 14.2 Å². The first-order chi connectivity index (χ1) is 15.1. The summed E-state index contributed by atoms with van der Waals surface area (Å²) in [4.78, 5) is 17.1. The molecule has 0 bridgehead atoms. The SMILES string of the molecule is COc1cc2c(cc1OC)C(=O)N(CCCN(C)CCCc1csc3ccccc13)C2. The smallest absolute Gasteiger partial charge is 0.254 e. The fourth-order valence-electron chi connectivity index (χ4n) is 4.29. The summed E-state index contributed by atoms with van der Waals surface area (Å²) in [7, 11) is 5.38. The Hall–Kier alpha value is -2.57. The van der Waals surface area contributed by atoms with Crippen LogP contribution in [0.4, 0.5) is 0 Å². The van der Waals surface area contributed by atoms with Crippen LogP contribution < -0.4 is 9.47 Å². The Morgan fingerprint density at radius 3 is 2.61 bits per heavy atom. The molecule has 0 radical (unpaired) electrons. The van der Waals surface area contributed by atoms with E-state index in [1.165, 1.54) is 15.6 Å². The predicted molar refractivity (Wildman–Crippen MR) is 127 cm³/mol. The quantitative estimate of drug-likeness (QED) is 0.455. The van der Waals surface area contributed by atoms with E-state index in [4.69, 9.17) is 9.47 Å². The molecule has 0 aliphatic carbocycles. The van der Waals surface area contributed by atoms with Gasteiger partial charge in [-0.05, 0) is 79.5 Å². The van der Waals surface area contributed by atoms with Gasteiger partial charge in [-0.1, -0.05) is 18.2 Å². The lowest BCUT2D eigenvalue weighted by atomic mass is 10.1. The molecular formula is C25H30N2O3S. The van der Waals surface area contributed by atoms with Crippen molar-refractivity contribution in [2.75, 3.05) is 40.9 Å². The third-order valence-corrected chi connectivity index (χ3v) is 7.02. The van der Waals surface area contributed by atoms with Crippen LogP contribution >= 0.6 is 11.3 Å². The molecule has 3 aromatic rings. The van der Waals surface area contributed by atoms with Gasteiger partial charge in [0.25, 0.3) is 5.91 Å². The Kier molecular flexibility index (Phi) is 6.78. The number of carbonyl (C=O) groups is 1. The zero-order chi connectivity index (χ0) is 21.8. The first-order valence-electron chi connectivity index (χ1n) is 10.8. The van der Waals surface area contributed by atoms with Gasteiger partial charge < -0.3 is 19.3 Å². The first kappa shape index (κ1) is 21.7. The van der Waals surface area contributed by atoms with Gasteiger partial charge in [-0.3, -0.25) is 4.79 Å². The van der Waals surface area contributed by atoms with E-state index in [0.29, 0.717) is 18.0 Å². The van der Waals surface area contributed by atoms with Crippen molar-refractivity contribution in [2.45, 2.75) is 25.8 Å². The van der Waals surface area contributed by atoms with Crippen LogP contribution in [0.25, 0.3) is 10.1 Å². The van der Waals surface area contributed by atoms with Crippen molar-refractivity contribution in [1.29, 1.82) is 0 Å². The highest BCUT2D eigenvalue weighted by molar-refractivity contribution is 7.17. The highest BCUT2D eigenvalue weighted by atomic mass is 32.1. The van der Waals surface area contributed by atoms with Crippen LogP contribution in [0.5, 0.6) is 11.5 Å². The molecule has 0 atom stereocenters. The molecule has 0 fully saturated rings. The summed E-state index contributed by atoms with van der Waals surface area (Å²) in [6, 6.07) is 12.4. The molecule has 0 saturated carbocycles. The zero-order valence-corrected chi connectivity index (χ0v) is 19.3. The number of carbonyl (C=O) groups excluding carboxylic acids is 1. The third kappa shape index (κ3) is 4.70. The second-order valence-corrected chi connectivity index (χ2v) is 9.02. The molecule has 1 aliphatic rings. The maximum absolute atomic E-state index is 12.8. The Morgan fingerprint density at radius 2 is 1.81 bits per heavy atom. The van der Waals surface area contributed by atoms with Crippen LogP contribution in [0.2, 0.25) is 0 Å². The van der Waals surface area contributed by atoms with Crippen molar-refractivity contribution in [2.24, 2.45) is 0 Å². The van der Waals surface area contributed by atoms with Crippen molar-refractivity contribution in [3.63, 3.8) is 0 Å². The lowest BCUT2D eigenvalue weighted by Crippen LogP contribution is -2.29. The molecule has 4 rings (SSSR count). The van der Waals surface area contributed by atoms with Crippen molar-refractivity contribution in [1.82, 2.24) is 9.80 Å². The van der Waals surface area contributed by atoms with E-state index < -0.39 is 0 Å². The minimum atomic E-state index is 0.0861. The summed E-state index contributed by atoms with van der Waals surface area (Å²) >= 11 is 1.83. The maximum atomic E-state index is 12.8. The lowest BCUT2D eigenvalue weighted by Gasteiger charge is -2.20. The summed E-state index contributed by atoms with van der Waals surface area (Å²) in [5, 5.41) is 3.70. The van der Waals surface area contributed by atoms with Crippen LogP contribution in [-0.2, 0) is 13.0 Å². The van der Waals surface area contributed by atoms with E-state index in [2.05, 4.69) is 41.6 Å². The Balaban J connectivity index is 1.22. The van der Waals surface area contributed by atoms with E-state index in [-0.39, 0.29) is 5.91 Å². The van der Waals surface area contributed by atoms with Gasteiger partial charge in [-0.25, -0.2) is 0 Å². The molecule has 1 amide bonds. The first-order valence-corrected chi connectivity index (χ1v) is 11.7. The molecule has 5 nitrogen and oxygen atoms in total. The Morgan fingerprint density at radius 1 is 1.06 bits per heavy atom. The number of aryl methyl sites for hydroxylation is 1. The molecule has 0 saturated heterocycles. The maximum Gasteiger partial charge on any atom is 0.254 e. The van der Waals surface area contributed by atoms with Crippen LogP contribution in [-0.4, -0.2) is 56.6 Å². The molecule has 2 heterocycles. The Labute approximate surface area is 188 Å². The zero-order valence-electron chi connectivity index (χ0n) is 18.5. The molecule has 1 aliphatic heterocycles. The van der Waals surface area contributed by atoms with E-state index >= 15 is 0 Å². The number of benzene rings is 2. The van der Waals surface area contributed by atoms with Gasteiger partial charge in [0, 0.05) is 23.4 Å². The molecule has 164 valence electrons. The largest absolute Gasteiger partial charge is 0.493 e. The van der Waals surface area contributed by atoms with Crippen molar-refractivity contribution in [3.8, 4) is 11.5 Å². The number of fused-ring (bicyclic) bond motifs is 2. The number of methoxy groups -OCH3 is 2. The predicted octanol–water partition coefficient (Wildman–Crippen LogP) is 4.83. The van der Waals surface area contributed by atoms with Crippen LogP contribution in [0.1, 0.15) is 34.3 Å². The summed E-state index contributed by atoms with van der Waals surface area (Å²) in [5.74, 6) is 1.37. The molecule has 31 heavy (non-hydrogen) atoms. The van der Waals surface area contributed by atoms with Gasteiger partial charge in [0.15, 0.2) is 11.5 Å². The molecule has 6 heteroatoms. The fraction of sp³-hybridized carbons (Fsp3) is 0.400. The third-order valence-electron chi connectivity index (χ3n) is 6.00. The van der Waals surface area contributed by atoms with Crippen molar-refractivity contribution < 1.29 is 14.3 Å². The van der Waals surface area contributed by atoms with Crippen molar-refractivity contribution in [3.05, 3.63) is 58.5 Å². The average Bonchev–Trinajstić information content (AvgIpc) is 3.33. The molecule has 0 N–H and O–H groups in total. The second kappa shape index (κ2) is 9.71. The van der Waals surface area contributed by atoms with Gasteiger partial charge in [-0.2, -0.15) is 0 Å². The number of amides is 1. The monoisotopic (exact) mass is 438 g/mol. The number of nitrogens with zero attached hydrogens (tertiary/aromatic N) is 2. The summed E-state index contributed by atoms with van der Waals surface area (Å²) in [6.07, 6.45) is 3.22. The molecule has 0 spiro atoms. The highest BCUT2D eigenvalue weighted by Gasteiger charge is 2.29. The minimum absolute atomic E-state index is 0.0861. The van der Waals surface area contributed by atoms with Gasteiger partial charge >= 0.3 is 0 Å². The van der Waals surface area contributed by atoms with Gasteiger partial charge in [-0.15, -0.1) is 11.3 Å². The Bertz CT molecular complexity index is 1060. The van der Waals surface area contributed by atoms with Crippen LogP contribution in [0.3, 0.4) is 0 Å². The van der Waals surface area contributed by atoms with Gasteiger partial charge in [0.2, 0.25) is 0 Å². The van der Waals surface area contributed by atoms with E-state index in [0.717, 1.165) is 50.0 Å². The lowest BCUT2D eigenvalue weighted by molar-refractivity contribution is 0.0772. The van der Waals surface area contributed by atoms with Crippen LogP contribution in [0.15, 0.2) is 41.8 Å². The van der Waals surface area contributed by atoms with E-state index in [1.807, 2.05) is 22.3 Å². The fourth-order valence-corrected chi connectivity index (χ4v) is 5.29. The topological polar surface area (TPSA) is 42.0 Å². The standard InChI is InChI=1S/C25H30N2O3S/c1-26(11-6-8-18-17-31-24-10-5-4-9-20(18)24)12-7-13-27-16-19-14-22(29-2)23(30-3)15-21(19)25(27)28/h4-5,9-10,14-15,17H,6-8,11-13,16H2,1-3H3. The number of hydrogen-bond acceptors (Lipinski definition) is 5. The van der Waals surface area contributed by atoms with E-state index in [9.17, 15) is 4.79 Å². The normalized spacial score (nSPS) is 13.3. The summed E-state index contributed by atoms with van der Waals surface area (Å²) in [5.41, 5.74) is 3.20. The van der Waals surface area contributed by atoms with Gasteiger partial charge in [0.1, 0.15) is 0 Å². The highest BCUT2D eigenvalue weighted by Crippen LogP contribution is 2.35. The number of ether oxygens (including phenoxy) is 2. The molecule has 1 aromatic heterocycles. The van der Waals surface area contributed by atoms with E-state index in [1.54, 1.807) is 20.3 Å². The van der Waals surface area contributed by atoms with Crippen molar-refractivity contribution >= 4 is 27.3 Å². The molecule has 0 unspecified atom stereocenters. The molecular weight excluding hydrogens is 408 g/mol. The summed E-state index contributed by atoms with van der Waals surface area (Å²) in [6.45, 7) is 3.45. The number of hydrogen-bond donors (Lipinski definition) is 0. The number of thiophene rings is 1.